The topological polar surface area (TPSA) is 23.5 Å². The number of likely N-dealkylation sites (tertiary alicyclic amines) is 1. The summed E-state index contributed by atoms with van der Waals surface area (Å²) in [5, 5.41) is 9.26. The normalized spacial score (nSPS) is 21.7. The molecule has 4 heteroatoms. The van der Waals surface area contributed by atoms with Crippen LogP contribution in [0.5, 0.6) is 0 Å². The molecule has 1 aliphatic rings. The van der Waals surface area contributed by atoms with E-state index in [9.17, 15) is 13.9 Å². The largest absolute Gasteiger partial charge is 0.395 e. The van der Waals surface area contributed by atoms with E-state index < -0.39 is 11.6 Å². The number of halogens is 2. The summed E-state index contributed by atoms with van der Waals surface area (Å²) in [4.78, 5) is 2.07. The zero-order valence-electron chi connectivity index (χ0n) is 9.70. The van der Waals surface area contributed by atoms with E-state index in [1.165, 1.54) is 12.1 Å². The lowest BCUT2D eigenvalue weighted by Gasteiger charge is -2.34. The first kappa shape index (κ1) is 12.5. The van der Waals surface area contributed by atoms with Gasteiger partial charge in [0.1, 0.15) is 11.6 Å². The molecule has 0 aliphatic carbocycles. The molecule has 0 amide bonds. The van der Waals surface area contributed by atoms with Gasteiger partial charge in [-0.05, 0) is 25.5 Å². The maximum absolute atomic E-state index is 13.5. The highest BCUT2D eigenvalue weighted by Crippen LogP contribution is 2.20. The molecule has 2 nitrogen and oxygen atoms in total. The van der Waals surface area contributed by atoms with E-state index in [0.717, 1.165) is 31.9 Å². The number of benzene rings is 1. The van der Waals surface area contributed by atoms with Crippen LogP contribution in [0, 0.1) is 11.6 Å². The predicted octanol–water partition coefficient (Wildman–Crippen LogP) is 2.31. The fourth-order valence-corrected chi connectivity index (χ4v) is 2.34. The second-order valence-corrected chi connectivity index (χ2v) is 4.54. The number of hydrogen-bond donors (Lipinski definition) is 1. The van der Waals surface area contributed by atoms with Crippen LogP contribution in [0.2, 0.25) is 0 Å². The molecule has 1 saturated heterocycles. The Morgan fingerprint density at radius 2 is 2.12 bits per heavy atom. The van der Waals surface area contributed by atoms with Gasteiger partial charge in [0.15, 0.2) is 0 Å². The molecule has 1 unspecified atom stereocenters. The summed E-state index contributed by atoms with van der Waals surface area (Å²) in [7, 11) is 0. The minimum Gasteiger partial charge on any atom is -0.395 e. The van der Waals surface area contributed by atoms with Crippen LogP contribution in [0.15, 0.2) is 18.2 Å². The Bertz CT molecular complexity index is 384. The van der Waals surface area contributed by atoms with Crippen LogP contribution in [-0.4, -0.2) is 29.2 Å². The summed E-state index contributed by atoms with van der Waals surface area (Å²) in [6, 6.07) is 3.77. The lowest BCUT2D eigenvalue weighted by Crippen LogP contribution is -2.41. The summed E-state index contributed by atoms with van der Waals surface area (Å²) in [6.45, 7) is 1.40. The van der Waals surface area contributed by atoms with Gasteiger partial charge in [-0.3, -0.25) is 4.90 Å². The molecule has 0 aromatic heterocycles. The molecule has 1 fully saturated rings. The van der Waals surface area contributed by atoms with Gasteiger partial charge in [-0.2, -0.15) is 0 Å². The van der Waals surface area contributed by atoms with Gasteiger partial charge in [-0.1, -0.05) is 12.5 Å². The highest BCUT2D eigenvalue weighted by Gasteiger charge is 2.22. The number of rotatable bonds is 3. The lowest BCUT2D eigenvalue weighted by molar-refractivity contribution is 0.0831. The number of aliphatic hydroxyl groups excluding tert-OH is 1. The monoisotopic (exact) mass is 241 g/mol. The summed E-state index contributed by atoms with van der Waals surface area (Å²) in [5.41, 5.74) is 0.492. The van der Waals surface area contributed by atoms with Gasteiger partial charge < -0.3 is 5.11 Å². The van der Waals surface area contributed by atoms with Gasteiger partial charge in [0, 0.05) is 24.2 Å². The standard InChI is InChI=1S/C13H17F2NO/c14-11-5-4-10(13(15)7-11)8-16-6-2-1-3-12(16)9-17/h4-5,7,12,17H,1-3,6,8-9H2. The third-order valence-corrected chi connectivity index (χ3v) is 3.35. The Balaban J connectivity index is 2.08. The summed E-state index contributed by atoms with van der Waals surface area (Å²) >= 11 is 0. The SMILES string of the molecule is OCC1CCCCN1Cc1ccc(F)cc1F. The molecule has 2 rings (SSSR count). The number of aliphatic hydroxyl groups is 1. The second kappa shape index (κ2) is 5.56. The number of piperidine rings is 1. The predicted molar refractivity (Wildman–Crippen MR) is 61.5 cm³/mol. The van der Waals surface area contributed by atoms with E-state index in [1.807, 2.05) is 0 Å². The fraction of sp³-hybridized carbons (Fsp3) is 0.538. The van der Waals surface area contributed by atoms with Gasteiger partial charge in [0.05, 0.1) is 6.61 Å². The van der Waals surface area contributed by atoms with Gasteiger partial charge >= 0.3 is 0 Å². The molecule has 0 bridgehead atoms. The maximum Gasteiger partial charge on any atom is 0.130 e. The van der Waals surface area contributed by atoms with Crippen molar-refractivity contribution in [1.82, 2.24) is 4.90 Å². The minimum atomic E-state index is -0.552. The molecule has 1 atom stereocenters. The molecular weight excluding hydrogens is 224 g/mol. The van der Waals surface area contributed by atoms with E-state index in [1.54, 1.807) is 0 Å². The van der Waals surface area contributed by atoms with Crippen LogP contribution in [0.25, 0.3) is 0 Å². The average Bonchev–Trinajstić information content (AvgIpc) is 2.33. The number of hydrogen-bond acceptors (Lipinski definition) is 2. The van der Waals surface area contributed by atoms with Crippen LogP contribution in [-0.2, 0) is 6.54 Å². The van der Waals surface area contributed by atoms with E-state index in [-0.39, 0.29) is 12.6 Å². The van der Waals surface area contributed by atoms with Crippen molar-refractivity contribution in [1.29, 1.82) is 0 Å². The van der Waals surface area contributed by atoms with E-state index in [2.05, 4.69) is 4.90 Å². The van der Waals surface area contributed by atoms with Crippen molar-refractivity contribution < 1.29 is 13.9 Å². The molecular formula is C13H17F2NO. The zero-order valence-corrected chi connectivity index (χ0v) is 9.70. The summed E-state index contributed by atoms with van der Waals surface area (Å²) in [6.07, 6.45) is 3.12. The van der Waals surface area contributed by atoms with Crippen LogP contribution in [0.4, 0.5) is 8.78 Å². The molecule has 1 aromatic rings. The van der Waals surface area contributed by atoms with Crippen molar-refractivity contribution in [2.45, 2.75) is 31.8 Å². The fourth-order valence-electron chi connectivity index (χ4n) is 2.34. The molecule has 0 spiro atoms. The maximum atomic E-state index is 13.5. The van der Waals surface area contributed by atoms with Crippen molar-refractivity contribution in [3.8, 4) is 0 Å². The van der Waals surface area contributed by atoms with Crippen LogP contribution in [0.1, 0.15) is 24.8 Å². The Hall–Kier alpha value is -1.00. The molecule has 0 radical (unpaired) electrons. The van der Waals surface area contributed by atoms with Crippen molar-refractivity contribution in [2.75, 3.05) is 13.2 Å². The first-order chi connectivity index (χ1) is 8.20. The molecule has 17 heavy (non-hydrogen) atoms. The molecule has 1 N–H and O–H groups in total. The molecule has 1 aliphatic heterocycles. The van der Waals surface area contributed by atoms with Crippen molar-refractivity contribution in [3.05, 3.63) is 35.4 Å². The zero-order chi connectivity index (χ0) is 12.3. The molecule has 1 heterocycles. The van der Waals surface area contributed by atoms with E-state index in [4.69, 9.17) is 0 Å². The summed E-state index contributed by atoms with van der Waals surface area (Å²) in [5.74, 6) is -1.06. The van der Waals surface area contributed by atoms with Crippen molar-refractivity contribution in [3.63, 3.8) is 0 Å². The average molecular weight is 241 g/mol. The third kappa shape index (κ3) is 3.01. The second-order valence-electron chi connectivity index (χ2n) is 4.54. The van der Waals surface area contributed by atoms with Crippen LogP contribution >= 0.6 is 0 Å². The highest BCUT2D eigenvalue weighted by molar-refractivity contribution is 5.18. The summed E-state index contributed by atoms with van der Waals surface area (Å²) < 4.78 is 26.3. The van der Waals surface area contributed by atoms with E-state index >= 15 is 0 Å². The van der Waals surface area contributed by atoms with Gasteiger partial charge in [-0.15, -0.1) is 0 Å². The first-order valence-corrected chi connectivity index (χ1v) is 5.99. The molecule has 94 valence electrons. The highest BCUT2D eigenvalue weighted by atomic mass is 19.1. The minimum absolute atomic E-state index is 0.100. The van der Waals surface area contributed by atoms with Crippen LogP contribution < -0.4 is 0 Å². The quantitative estimate of drug-likeness (QED) is 0.877. The Labute approximate surface area is 99.9 Å². The Kier molecular flexibility index (Phi) is 4.07. The van der Waals surface area contributed by atoms with Crippen molar-refractivity contribution in [2.24, 2.45) is 0 Å². The third-order valence-electron chi connectivity index (χ3n) is 3.35. The van der Waals surface area contributed by atoms with Gasteiger partial charge in [0.25, 0.3) is 0 Å². The van der Waals surface area contributed by atoms with E-state index in [0.29, 0.717) is 12.1 Å². The van der Waals surface area contributed by atoms with Crippen LogP contribution in [0.3, 0.4) is 0 Å². The Morgan fingerprint density at radius 1 is 1.29 bits per heavy atom. The van der Waals surface area contributed by atoms with Gasteiger partial charge in [-0.25, -0.2) is 8.78 Å². The molecule has 0 saturated carbocycles. The first-order valence-electron chi connectivity index (χ1n) is 5.99. The molecule has 1 aromatic carbocycles. The number of nitrogens with zero attached hydrogens (tertiary/aromatic N) is 1. The smallest absolute Gasteiger partial charge is 0.130 e. The Morgan fingerprint density at radius 3 is 2.82 bits per heavy atom. The van der Waals surface area contributed by atoms with Crippen molar-refractivity contribution >= 4 is 0 Å². The van der Waals surface area contributed by atoms with Gasteiger partial charge in [0.2, 0.25) is 0 Å². The lowest BCUT2D eigenvalue weighted by atomic mass is 10.0.